The Balaban J connectivity index is 1.59. The van der Waals surface area contributed by atoms with E-state index in [1.165, 1.54) is 4.90 Å². The van der Waals surface area contributed by atoms with Crippen LogP contribution in [0.2, 0.25) is 0 Å². The Labute approximate surface area is 188 Å². The van der Waals surface area contributed by atoms with E-state index in [1.807, 2.05) is 49.4 Å². The summed E-state index contributed by atoms with van der Waals surface area (Å²) >= 11 is 0. The Bertz CT molecular complexity index is 1010. The molecule has 0 aromatic heterocycles. The molecule has 2 aromatic rings. The molecule has 2 amide bonds. The van der Waals surface area contributed by atoms with Crippen LogP contribution in [0, 0.1) is 6.92 Å². The molecule has 1 fully saturated rings. The maximum absolute atomic E-state index is 13.4. The lowest BCUT2D eigenvalue weighted by Gasteiger charge is -2.27. The fourth-order valence-corrected chi connectivity index (χ4v) is 4.05. The molecule has 168 valence electrons. The monoisotopic (exact) mass is 435 g/mol. The van der Waals surface area contributed by atoms with Crippen LogP contribution in [0.1, 0.15) is 17.5 Å². The second-order valence-corrected chi connectivity index (χ2v) is 8.01. The topological polar surface area (TPSA) is 71.1 Å². The largest absolute Gasteiger partial charge is 0.496 e. The molecule has 2 aromatic carbocycles. The lowest BCUT2D eigenvalue weighted by molar-refractivity contribution is -0.136. The van der Waals surface area contributed by atoms with E-state index in [4.69, 9.17) is 9.47 Å². The summed E-state index contributed by atoms with van der Waals surface area (Å²) in [4.78, 5) is 30.4. The second-order valence-electron chi connectivity index (χ2n) is 8.01. The number of carbonyl (C=O) groups excluding carboxylic acids is 2. The number of morpholine rings is 1. The van der Waals surface area contributed by atoms with Crippen molar-refractivity contribution >= 4 is 23.1 Å². The summed E-state index contributed by atoms with van der Waals surface area (Å²) in [5.74, 6) is -0.0448. The minimum Gasteiger partial charge on any atom is -0.496 e. The number of aryl methyl sites for hydroxylation is 1. The van der Waals surface area contributed by atoms with Gasteiger partial charge in [0.25, 0.3) is 11.8 Å². The van der Waals surface area contributed by atoms with Crippen LogP contribution in [0.5, 0.6) is 5.75 Å². The lowest BCUT2D eigenvalue weighted by Crippen LogP contribution is -2.39. The van der Waals surface area contributed by atoms with Crippen molar-refractivity contribution in [3.8, 4) is 5.75 Å². The molecule has 0 spiro atoms. The maximum atomic E-state index is 13.4. The minimum atomic E-state index is -0.307. The third-order valence-corrected chi connectivity index (χ3v) is 5.83. The van der Waals surface area contributed by atoms with Gasteiger partial charge in [-0.15, -0.1) is 0 Å². The SMILES string of the molecule is COc1ccccc1C1=C(Nc2ccc(C)cc2)C(=O)N(CCCN2CCOCC2)C1=O. The van der Waals surface area contributed by atoms with Crippen molar-refractivity contribution in [1.82, 2.24) is 9.80 Å². The highest BCUT2D eigenvalue weighted by Gasteiger charge is 2.40. The van der Waals surface area contributed by atoms with E-state index in [1.54, 1.807) is 13.2 Å². The molecule has 2 heterocycles. The quantitative estimate of drug-likeness (QED) is 0.643. The summed E-state index contributed by atoms with van der Waals surface area (Å²) in [7, 11) is 1.56. The fourth-order valence-electron chi connectivity index (χ4n) is 4.05. The Morgan fingerprint density at radius 1 is 0.969 bits per heavy atom. The fraction of sp³-hybridized carbons (Fsp3) is 0.360. The van der Waals surface area contributed by atoms with E-state index < -0.39 is 0 Å². The van der Waals surface area contributed by atoms with Gasteiger partial charge < -0.3 is 14.8 Å². The predicted molar refractivity (Wildman–Crippen MR) is 123 cm³/mol. The molecule has 0 unspecified atom stereocenters. The number of methoxy groups -OCH3 is 1. The predicted octanol–water partition coefficient (Wildman–Crippen LogP) is 2.92. The van der Waals surface area contributed by atoms with Gasteiger partial charge in [0.1, 0.15) is 11.4 Å². The summed E-state index contributed by atoms with van der Waals surface area (Å²) < 4.78 is 10.9. The smallest absolute Gasteiger partial charge is 0.278 e. The first-order valence-electron chi connectivity index (χ1n) is 11.0. The highest BCUT2D eigenvalue weighted by atomic mass is 16.5. The first-order chi connectivity index (χ1) is 15.6. The van der Waals surface area contributed by atoms with Crippen molar-refractivity contribution in [3.63, 3.8) is 0 Å². The Morgan fingerprint density at radius 3 is 2.41 bits per heavy atom. The molecule has 32 heavy (non-hydrogen) atoms. The van der Waals surface area contributed by atoms with Crippen molar-refractivity contribution in [1.29, 1.82) is 0 Å². The number of anilines is 1. The number of rotatable bonds is 8. The van der Waals surface area contributed by atoms with Crippen LogP contribution in [-0.2, 0) is 14.3 Å². The van der Waals surface area contributed by atoms with Gasteiger partial charge in [0.05, 0.1) is 25.9 Å². The van der Waals surface area contributed by atoms with Crippen molar-refractivity contribution in [2.75, 3.05) is 51.8 Å². The van der Waals surface area contributed by atoms with Crippen LogP contribution in [0.3, 0.4) is 0 Å². The number of hydrogen-bond donors (Lipinski definition) is 1. The Hall–Kier alpha value is -3.16. The molecule has 2 aliphatic rings. The normalized spacial score (nSPS) is 17.2. The number of para-hydroxylation sites is 1. The number of nitrogens with zero attached hydrogens (tertiary/aromatic N) is 2. The molecule has 2 aliphatic heterocycles. The minimum absolute atomic E-state index is 0.287. The standard InChI is InChI=1S/C25H29N3O4/c1-18-8-10-19(11-9-18)26-23-22(20-6-3-4-7-21(20)31-2)24(29)28(25(23)30)13-5-12-27-14-16-32-17-15-27/h3-4,6-11,26H,5,12-17H2,1-2H3. The van der Waals surface area contributed by atoms with E-state index in [-0.39, 0.29) is 17.5 Å². The Kier molecular flexibility index (Phi) is 6.87. The van der Waals surface area contributed by atoms with Crippen LogP contribution >= 0.6 is 0 Å². The molecular weight excluding hydrogens is 406 g/mol. The number of amides is 2. The van der Waals surface area contributed by atoms with Gasteiger partial charge in [-0.2, -0.15) is 0 Å². The van der Waals surface area contributed by atoms with Crippen LogP contribution in [0.25, 0.3) is 5.57 Å². The Morgan fingerprint density at radius 2 is 1.69 bits per heavy atom. The first-order valence-corrected chi connectivity index (χ1v) is 11.0. The summed E-state index contributed by atoms with van der Waals surface area (Å²) in [6.45, 7) is 6.42. The zero-order valence-electron chi connectivity index (χ0n) is 18.6. The van der Waals surface area contributed by atoms with Crippen LogP contribution in [0.4, 0.5) is 5.69 Å². The van der Waals surface area contributed by atoms with Gasteiger partial charge in [0.2, 0.25) is 0 Å². The van der Waals surface area contributed by atoms with E-state index >= 15 is 0 Å². The molecule has 0 radical (unpaired) electrons. The van der Waals surface area contributed by atoms with Gasteiger partial charge in [-0.25, -0.2) is 0 Å². The van der Waals surface area contributed by atoms with Gasteiger partial charge in [-0.3, -0.25) is 19.4 Å². The summed E-state index contributed by atoms with van der Waals surface area (Å²) in [5, 5.41) is 3.20. The van der Waals surface area contributed by atoms with Gasteiger partial charge in [-0.1, -0.05) is 35.9 Å². The third kappa shape index (κ3) is 4.69. The summed E-state index contributed by atoms with van der Waals surface area (Å²) in [6, 6.07) is 15.0. The number of hydrogen-bond acceptors (Lipinski definition) is 6. The molecular formula is C25H29N3O4. The van der Waals surface area contributed by atoms with Crippen LogP contribution in [-0.4, -0.2) is 68.1 Å². The average molecular weight is 436 g/mol. The molecule has 1 N–H and O–H groups in total. The van der Waals surface area contributed by atoms with E-state index in [9.17, 15) is 9.59 Å². The van der Waals surface area contributed by atoms with Crippen molar-refractivity contribution in [2.24, 2.45) is 0 Å². The number of nitrogens with one attached hydrogen (secondary N) is 1. The summed E-state index contributed by atoms with van der Waals surface area (Å²) in [5.41, 5.74) is 3.12. The van der Waals surface area contributed by atoms with Gasteiger partial charge >= 0.3 is 0 Å². The average Bonchev–Trinajstić information content (AvgIpc) is 3.05. The number of imide groups is 1. The van der Waals surface area contributed by atoms with E-state index in [0.29, 0.717) is 29.9 Å². The first kappa shape index (κ1) is 22.0. The summed E-state index contributed by atoms with van der Waals surface area (Å²) in [6.07, 6.45) is 0.717. The van der Waals surface area contributed by atoms with Crippen molar-refractivity contribution in [2.45, 2.75) is 13.3 Å². The van der Waals surface area contributed by atoms with Crippen LogP contribution in [0.15, 0.2) is 54.2 Å². The molecule has 0 bridgehead atoms. The number of benzene rings is 2. The van der Waals surface area contributed by atoms with Gasteiger partial charge in [0.15, 0.2) is 0 Å². The number of carbonyl (C=O) groups is 2. The molecule has 0 aliphatic carbocycles. The highest BCUT2D eigenvalue weighted by Crippen LogP contribution is 2.35. The van der Waals surface area contributed by atoms with E-state index in [2.05, 4.69) is 10.2 Å². The maximum Gasteiger partial charge on any atom is 0.278 e. The molecule has 7 heteroatoms. The van der Waals surface area contributed by atoms with Crippen molar-refractivity contribution < 1.29 is 19.1 Å². The molecule has 1 saturated heterocycles. The zero-order valence-corrected chi connectivity index (χ0v) is 18.6. The van der Waals surface area contributed by atoms with Gasteiger partial charge in [0, 0.05) is 37.4 Å². The molecule has 0 saturated carbocycles. The molecule has 7 nitrogen and oxygen atoms in total. The van der Waals surface area contributed by atoms with Gasteiger partial charge in [-0.05, 0) is 31.5 Å². The molecule has 4 rings (SSSR count). The lowest BCUT2D eigenvalue weighted by atomic mass is 10.0. The zero-order chi connectivity index (χ0) is 22.5. The molecule has 0 atom stereocenters. The second kappa shape index (κ2) is 9.97. The number of ether oxygens (including phenoxy) is 2. The third-order valence-electron chi connectivity index (χ3n) is 5.83. The highest BCUT2D eigenvalue weighted by molar-refractivity contribution is 6.37. The van der Waals surface area contributed by atoms with Crippen LogP contribution < -0.4 is 10.1 Å². The van der Waals surface area contributed by atoms with Crippen molar-refractivity contribution in [3.05, 3.63) is 65.4 Å². The van der Waals surface area contributed by atoms with E-state index in [0.717, 1.165) is 44.1 Å².